The number of nitrogens with one attached hydrogen (secondary N) is 1. The summed E-state index contributed by atoms with van der Waals surface area (Å²) in [5.41, 5.74) is 3.83. The van der Waals surface area contributed by atoms with Crippen molar-refractivity contribution in [1.82, 2.24) is 9.38 Å². The molecule has 4 aromatic rings. The van der Waals surface area contributed by atoms with E-state index in [0.29, 0.717) is 17.0 Å². The number of carbonyl (C=O) groups is 1. The molecule has 0 aliphatic carbocycles. The summed E-state index contributed by atoms with van der Waals surface area (Å²) in [5, 5.41) is 2.96. The quantitative estimate of drug-likeness (QED) is 0.434. The third kappa shape index (κ3) is 3.52. The third-order valence-electron chi connectivity index (χ3n) is 4.23. The first-order chi connectivity index (χ1) is 13.2. The fraction of sp³-hybridized carbons (Fsp3) is 0.0476. The number of amides is 1. The van der Waals surface area contributed by atoms with Gasteiger partial charge in [0.1, 0.15) is 11.4 Å². The molecule has 0 unspecified atom stereocenters. The highest BCUT2D eigenvalue weighted by Crippen LogP contribution is 2.31. The van der Waals surface area contributed by atoms with E-state index in [1.54, 1.807) is 13.2 Å². The number of benzene rings is 2. The number of hydrogen-bond acceptors (Lipinski definition) is 3. The van der Waals surface area contributed by atoms with Crippen molar-refractivity contribution in [3.8, 4) is 17.0 Å². The zero-order valence-electron chi connectivity index (χ0n) is 14.5. The maximum Gasteiger partial charge on any atom is 0.256 e. The largest absolute Gasteiger partial charge is 0.495 e. The standard InChI is InChI=1S/C21H16IN3O2/c1-27-19-10-9-14(18-13-25-11-5-4-8-20(25)23-18)12-17(19)24-21(26)15-6-2-3-7-16(15)22/h2-13H,1H3,(H,24,26). The molecule has 2 aromatic heterocycles. The molecule has 0 aliphatic rings. The number of carbonyl (C=O) groups excluding carboxylic acids is 1. The van der Waals surface area contributed by atoms with Crippen molar-refractivity contribution in [2.24, 2.45) is 0 Å². The molecule has 0 spiro atoms. The van der Waals surface area contributed by atoms with E-state index in [9.17, 15) is 4.79 Å². The molecule has 0 fully saturated rings. The number of hydrogen-bond donors (Lipinski definition) is 1. The number of pyridine rings is 1. The van der Waals surface area contributed by atoms with Crippen LogP contribution < -0.4 is 10.1 Å². The van der Waals surface area contributed by atoms with Crippen molar-refractivity contribution in [2.75, 3.05) is 12.4 Å². The number of anilines is 1. The normalized spacial score (nSPS) is 10.7. The fourth-order valence-electron chi connectivity index (χ4n) is 2.87. The second kappa shape index (κ2) is 7.40. The average molecular weight is 469 g/mol. The van der Waals surface area contributed by atoms with E-state index < -0.39 is 0 Å². The molecule has 0 saturated heterocycles. The Hall–Kier alpha value is -2.87. The Bertz CT molecular complexity index is 1100. The van der Waals surface area contributed by atoms with E-state index in [1.165, 1.54) is 0 Å². The topological polar surface area (TPSA) is 55.6 Å². The predicted molar refractivity (Wildman–Crippen MR) is 114 cm³/mol. The van der Waals surface area contributed by atoms with Crippen LogP contribution in [0.15, 0.2) is 73.1 Å². The van der Waals surface area contributed by atoms with Crippen LogP contribution in [0.25, 0.3) is 16.9 Å². The van der Waals surface area contributed by atoms with Gasteiger partial charge in [0.25, 0.3) is 5.91 Å². The monoisotopic (exact) mass is 469 g/mol. The molecule has 0 radical (unpaired) electrons. The molecular weight excluding hydrogens is 453 g/mol. The lowest BCUT2D eigenvalue weighted by Gasteiger charge is -2.12. The zero-order chi connectivity index (χ0) is 18.8. The predicted octanol–water partition coefficient (Wildman–Crippen LogP) is 4.87. The lowest BCUT2D eigenvalue weighted by atomic mass is 10.1. The van der Waals surface area contributed by atoms with Gasteiger partial charge in [0.15, 0.2) is 0 Å². The first kappa shape index (κ1) is 17.5. The van der Waals surface area contributed by atoms with Gasteiger partial charge in [0, 0.05) is 21.5 Å². The Morgan fingerprint density at radius 3 is 2.70 bits per heavy atom. The molecule has 4 rings (SSSR count). The van der Waals surface area contributed by atoms with Gasteiger partial charge >= 0.3 is 0 Å². The summed E-state index contributed by atoms with van der Waals surface area (Å²) in [6.07, 6.45) is 3.91. The Kier molecular flexibility index (Phi) is 4.81. The van der Waals surface area contributed by atoms with Crippen LogP contribution in [0.5, 0.6) is 5.75 Å². The van der Waals surface area contributed by atoms with E-state index in [0.717, 1.165) is 20.5 Å². The minimum Gasteiger partial charge on any atom is -0.495 e. The molecule has 0 bridgehead atoms. The molecule has 2 aromatic carbocycles. The fourth-order valence-corrected chi connectivity index (χ4v) is 3.51. The van der Waals surface area contributed by atoms with Crippen molar-refractivity contribution in [2.45, 2.75) is 0 Å². The zero-order valence-corrected chi connectivity index (χ0v) is 16.7. The highest BCUT2D eigenvalue weighted by Gasteiger charge is 2.14. The van der Waals surface area contributed by atoms with E-state index in [1.807, 2.05) is 71.4 Å². The van der Waals surface area contributed by atoms with Crippen LogP contribution in [-0.2, 0) is 0 Å². The van der Waals surface area contributed by atoms with Gasteiger partial charge < -0.3 is 14.5 Å². The number of rotatable bonds is 4. The number of ether oxygens (including phenoxy) is 1. The summed E-state index contributed by atoms with van der Waals surface area (Å²) in [4.78, 5) is 17.3. The van der Waals surface area contributed by atoms with E-state index >= 15 is 0 Å². The highest BCUT2D eigenvalue weighted by atomic mass is 127. The van der Waals surface area contributed by atoms with E-state index in [-0.39, 0.29) is 5.91 Å². The summed E-state index contributed by atoms with van der Waals surface area (Å²) >= 11 is 2.16. The smallest absolute Gasteiger partial charge is 0.256 e. The van der Waals surface area contributed by atoms with Crippen LogP contribution in [0.4, 0.5) is 5.69 Å². The van der Waals surface area contributed by atoms with Gasteiger partial charge in [-0.1, -0.05) is 18.2 Å². The van der Waals surface area contributed by atoms with Crippen molar-refractivity contribution >= 4 is 39.8 Å². The maximum atomic E-state index is 12.7. The SMILES string of the molecule is COc1ccc(-c2cn3ccccc3n2)cc1NC(=O)c1ccccc1I. The van der Waals surface area contributed by atoms with Gasteiger partial charge in [-0.15, -0.1) is 0 Å². The number of nitrogens with zero attached hydrogens (tertiary/aromatic N) is 2. The highest BCUT2D eigenvalue weighted by molar-refractivity contribution is 14.1. The van der Waals surface area contributed by atoms with Crippen molar-refractivity contribution in [1.29, 1.82) is 0 Å². The van der Waals surface area contributed by atoms with Crippen LogP contribution in [0, 0.1) is 3.57 Å². The van der Waals surface area contributed by atoms with Gasteiger partial charge in [0.2, 0.25) is 0 Å². The molecule has 0 aliphatic heterocycles. The molecule has 1 amide bonds. The van der Waals surface area contributed by atoms with Gasteiger partial charge in [-0.05, 0) is 65.1 Å². The maximum absolute atomic E-state index is 12.7. The molecule has 0 saturated carbocycles. The Balaban J connectivity index is 1.70. The Labute approximate surface area is 170 Å². The number of fused-ring (bicyclic) bond motifs is 1. The molecule has 0 atom stereocenters. The molecule has 5 nitrogen and oxygen atoms in total. The Morgan fingerprint density at radius 1 is 1.11 bits per heavy atom. The summed E-state index contributed by atoms with van der Waals surface area (Å²) in [6, 6.07) is 19.0. The summed E-state index contributed by atoms with van der Waals surface area (Å²) < 4.78 is 8.27. The lowest BCUT2D eigenvalue weighted by Crippen LogP contribution is -2.14. The molecule has 1 N–H and O–H groups in total. The third-order valence-corrected chi connectivity index (χ3v) is 5.17. The minimum atomic E-state index is -0.176. The summed E-state index contributed by atoms with van der Waals surface area (Å²) in [5.74, 6) is 0.423. The molecule has 27 heavy (non-hydrogen) atoms. The molecule has 6 heteroatoms. The molecule has 134 valence electrons. The lowest BCUT2D eigenvalue weighted by molar-refractivity contribution is 0.102. The Morgan fingerprint density at radius 2 is 1.93 bits per heavy atom. The first-order valence-corrected chi connectivity index (χ1v) is 9.41. The number of methoxy groups -OCH3 is 1. The van der Waals surface area contributed by atoms with Crippen molar-refractivity contribution in [3.05, 3.63) is 82.2 Å². The van der Waals surface area contributed by atoms with Crippen LogP contribution in [0.2, 0.25) is 0 Å². The van der Waals surface area contributed by atoms with Crippen LogP contribution in [0.1, 0.15) is 10.4 Å². The molecule has 2 heterocycles. The second-order valence-electron chi connectivity index (χ2n) is 5.94. The average Bonchev–Trinajstić information content (AvgIpc) is 3.12. The summed E-state index contributed by atoms with van der Waals surface area (Å²) in [6.45, 7) is 0. The number of aromatic nitrogens is 2. The summed E-state index contributed by atoms with van der Waals surface area (Å²) in [7, 11) is 1.59. The van der Waals surface area contributed by atoms with Gasteiger partial charge in [-0.25, -0.2) is 4.98 Å². The number of halogens is 1. The first-order valence-electron chi connectivity index (χ1n) is 8.34. The van der Waals surface area contributed by atoms with Crippen LogP contribution in [-0.4, -0.2) is 22.4 Å². The second-order valence-corrected chi connectivity index (χ2v) is 7.10. The van der Waals surface area contributed by atoms with E-state index in [4.69, 9.17) is 4.74 Å². The number of imidazole rings is 1. The van der Waals surface area contributed by atoms with Gasteiger partial charge in [-0.3, -0.25) is 4.79 Å². The minimum absolute atomic E-state index is 0.176. The van der Waals surface area contributed by atoms with E-state index in [2.05, 4.69) is 32.9 Å². The van der Waals surface area contributed by atoms with Crippen molar-refractivity contribution < 1.29 is 9.53 Å². The van der Waals surface area contributed by atoms with Crippen molar-refractivity contribution in [3.63, 3.8) is 0 Å². The van der Waals surface area contributed by atoms with Gasteiger partial charge in [0.05, 0.1) is 24.1 Å². The molecular formula is C21H16IN3O2. The van der Waals surface area contributed by atoms with Gasteiger partial charge in [-0.2, -0.15) is 0 Å². The van der Waals surface area contributed by atoms with Crippen LogP contribution >= 0.6 is 22.6 Å². The van der Waals surface area contributed by atoms with Crippen LogP contribution in [0.3, 0.4) is 0 Å².